The molecule has 2 aliphatic rings. The average molecular weight is 468 g/mol. The van der Waals surface area contributed by atoms with E-state index in [1.807, 2.05) is 11.8 Å². The van der Waals surface area contributed by atoms with Gasteiger partial charge in [-0.1, -0.05) is 19.3 Å². The lowest BCUT2D eigenvalue weighted by Gasteiger charge is -2.16. The third-order valence-electron chi connectivity index (χ3n) is 5.06. The van der Waals surface area contributed by atoms with Gasteiger partial charge in [-0.2, -0.15) is 11.8 Å². The van der Waals surface area contributed by atoms with Gasteiger partial charge >= 0.3 is 13.9 Å². The van der Waals surface area contributed by atoms with Crippen LogP contribution in [-0.2, 0) is 18.4 Å². The van der Waals surface area contributed by atoms with Crippen LogP contribution in [0.25, 0.3) is 0 Å². The molecule has 0 radical (unpaired) electrons. The largest absolute Gasteiger partial charge is 0.513 e. The molecule has 2 fully saturated rings. The van der Waals surface area contributed by atoms with Crippen LogP contribution in [0.4, 0.5) is 8.99 Å². The van der Waals surface area contributed by atoms with Gasteiger partial charge in [-0.15, -0.1) is 4.20 Å². The Hall–Kier alpha value is -0.830. The minimum Gasteiger partial charge on any atom is -0.356 e. The monoisotopic (exact) mass is 467 g/mol. The van der Waals surface area contributed by atoms with Crippen LogP contribution in [0.2, 0.25) is 0 Å². The maximum atomic E-state index is 13.4. The average Bonchev–Trinajstić information content (AvgIpc) is 3.19. The fraction of sp³-hybridized carbons (Fsp3) is 0.895. The summed E-state index contributed by atoms with van der Waals surface area (Å²) in [6.45, 7) is 3.88. The Kier molecular flexibility index (Phi) is 10.9. The van der Waals surface area contributed by atoms with Gasteiger partial charge in [-0.25, -0.2) is 9.36 Å². The van der Waals surface area contributed by atoms with Gasteiger partial charge in [0, 0.05) is 24.0 Å². The molecular weight excluding hydrogens is 432 g/mol. The third kappa shape index (κ3) is 9.54. The zero-order chi connectivity index (χ0) is 22.0. The first kappa shape index (κ1) is 25.4. The molecule has 174 valence electrons. The summed E-state index contributed by atoms with van der Waals surface area (Å²) in [5.41, 5.74) is 0. The lowest BCUT2D eigenvalue weighted by molar-refractivity contribution is -0.121. The SMILES string of the molecule is CC(C)OP(=O)(F)OCCCCCCNC(=O)CCCCC1SCC2NC(=O)NC21. The van der Waals surface area contributed by atoms with Gasteiger partial charge in [0.15, 0.2) is 0 Å². The fourth-order valence-electron chi connectivity index (χ4n) is 3.63. The Bertz CT molecular complexity index is 613. The number of rotatable bonds is 15. The van der Waals surface area contributed by atoms with E-state index in [0.29, 0.717) is 24.6 Å². The Morgan fingerprint density at radius 3 is 2.77 bits per heavy atom. The second kappa shape index (κ2) is 12.9. The van der Waals surface area contributed by atoms with Crippen molar-refractivity contribution in [2.24, 2.45) is 0 Å². The van der Waals surface area contributed by atoms with Crippen LogP contribution >= 0.6 is 19.7 Å². The molecule has 0 aromatic carbocycles. The van der Waals surface area contributed by atoms with Crippen molar-refractivity contribution in [1.82, 2.24) is 16.0 Å². The summed E-state index contributed by atoms with van der Waals surface area (Å²) in [7, 11) is -4.43. The highest BCUT2D eigenvalue weighted by atomic mass is 32.2. The topological polar surface area (TPSA) is 106 Å². The van der Waals surface area contributed by atoms with Crippen LogP contribution in [0.1, 0.15) is 65.2 Å². The lowest BCUT2D eigenvalue weighted by Crippen LogP contribution is -2.36. The van der Waals surface area contributed by atoms with Gasteiger partial charge in [-0.3, -0.25) is 13.8 Å². The standard InChI is InChI=1S/C19H35FN3O5PS/c1-14(2)28-29(20,26)27-12-8-4-3-7-11-21-17(24)10-6-5-9-16-18-15(13-30-16)22-19(25)23-18/h14-16,18H,3-13H2,1-2H3,(H,21,24)(H2,22,23,25). The number of thioether (sulfide) groups is 1. The molecule has 0 aromatic rings. The number of hydrogen-bond donors (Lipinski definition) is 3. The van der Waals surface area contributed by atoms with Gasteiger partial charge < -0.3 is 16.0 Å². The van der Waals surface area contributed by atoms with Crippen molar-refractivity contribution in [1.29, 1.82) is 0 Å². The van der Waals surface area contributed by atoms with Crippen LogP contribution in [0.5, 0.6) is 0 Å². The number of amides is 3. The predicted molar refractivity (Wildman–Crippen MR) is 116 cm³/mol. The first-order valence-electron chi connectivity index (χ1n) is 10.8. The van der Waals surface area contributed by atoms with E-state index < -0.39 is 14.0 Å². The molecule has 0 bridgehead atoms. The van der Waals surface area contributed by atoms with Gasteiger partial charge in [-0.05, 0) is 39.5 Å². The van der Waals surface area contributed by atoms with Crippen LogP contribution in [0, 0.1) is 0 Å². The van der Waals surface area contributed by atoms with E-state index in [2.05, 4.69) is 25.0 Å². The van der Waals surface area contributed by atoms with E-state index in [1.54, 1.807) is 13.8 Å². The van der Waals surface area contributed by atoms with E-state index >= 15 is 0 Å². The van der Waals surface area contributed by atoms with Gasteiger partial charge in [0.2, 0.25) is 5.91 Å². The first-order chi connectivity index (χ1) is 14.3. The van der Waals surface area contributed by atoms with E-state index in [4.69, 9.17) is 0 Å². The number of nitrogens with one attached hydrogen (secondary N) is 3. The highest BCUT2D eigenvalue weighted by Gasteiger charge is 2.42. The van der Waals surface area contributed by atoms with Crippen LogP contribution in [-0.4, -0.2) is 54.3 Å². The summed E-state index contributed by atoms with van der Waals surface area (Å²) in [6.07, 6.45) is 6.00. The second-order valence-electron chi connectivity index (χ2n) is 8.05. The van der Waals surface area contributed by atoms with Gasteiger partial charge in [0.1, 0.15) is 0 Å². The van der Waals surface area contributed by atoms with Crippen LogP contribution < -0.4 is 16.0 Å². The normalized spacial score (nSPS) is 24.9. The zero-order valence-corrected chi connectivity index (χ0v) is 19.6. The molecular formula is C19H35FN3O5PS. The molecule has 0 spiro atoms. The summed E-state index contributed by atoms with van der Waals surface area (Å²) in [4.78, 5) is 23.3. The molecule has 2 rings (SSSR count). The maximum Gasteiger partial charge on any atom is 0.513 e. The molecule has 4 atom stereocenters. The molecule has 8 nitrogen and oxygen atoms in total. The summed E-state index contributed by atoms with van der Waals surface area (Å²) >= 11 is 1.89. The Balaban J connectivity index is 1.39. The summed E-state index contributed by atoms with van der Waals surface area (Å²) < 4.78 is 34.0. The van der Waals surface area contributed by atoms with Crippen molar-refractivity contribution in [3.8, 4) is 0 Å². The number of fused-ring (bicyclic) bond motifs is 1. The number of unbranched alkanes of at least 4 members (excludes halogenated alkanes) is 4. The minimum atomic E-state index is -4.43. The molecule has 0 saturated carbocycles. The minimum absolute atomic E-state index is 0.0630. The van der Waals surface area contributed by atoms with Crippen LogP contribution in [0.3, 0.4) is 0 Å². The number of urea groups is 1. The summed E-state index contributed by atoms with van der Waals surface area (Å²) in [5, 5.41) is 9.28. The highest BCUT2D eigenvalue weighted by Crippen LogP contribution is 2.51. The number of halogens is 1. The van der Waals surface area contributed by atoms with Gasteiger partial charge in [0.25, 0.3) is 0 Å². The van der Waals surface area contributed by atoms with E-state index in [-0.39, 0.29) is 30.6 Å². The Morgan fingerprint density at radius 1 is 1.23 bits per heavy atom. The van der Waals surface area contributed by atoms with Crippen molar-refractivity contribution in [2.75, 3.05) is 18.9 Å². The molecule has 2 aliphatic heterocycles. The second-order valence-corrected chi connectivity index (χ2v) is 10.7. The molecule has 2 heterocycles. The first-order valence-corrected chi connectivity index (χ1v) is 13.3. The Labute approximate surface area is 182 Å². The van der Waals surface area contributed by atoms with E-state index in [1.165, 1.54) is 0 Å². The highest BCUT2D eigenvalue weighted by molar-refractivity contribution is 8.00. The molecule has 3 N–H and O–H groups in total. The van der Waals surface area contributed by atoms with E-state index in [9.17, 15) is 18.4 Å². The van der Waals surface area contributed by atoms with Crippen molar-refractivity contribution in [3.05, 3.63) is 0 Å². The van der Waals surface area contributed by atoms with Crippen molar-refractivity contribution >= 4 is 31.6 Å². The summed E-state index contributed by atoms with van der Waals surface area (Å²) in [6, 6.07) is 0.406. The number of carbonyl (C=O) groups is 2. The molecule has 4 unspecified atom stereocenters. The van der Waals surface area contributed by atoms with Crippen LogP contribution in [0.15, 0.2) is 0 Å². The molecule has 0 aromatic heterocycles. The molecule has 11 heteroatoms. The van der Waals surface area contributed by atoms with Crippen molar-refractivity contribution in [2.45, 2.75) is 88.7 Å². The zero-order valence-electron chi connectivity index (χ0n) is 17.9. The molecule has 2 saturated heterocycles. The summed E-state index contributed by atoms with van der Waals surface area (Å²) in [5.74, 6) is 1.02. The third-order valence-corrected chi connectivity index (χ3v) is 7.73. The Morgan fingerprint density at radius 2 is 2.00 bits per heavy atom. The van der Waals surface area contributed by atoms with Crippen molar-refractivity contribution < 1.29 is 27.4 Å². The van der Waals surface area contributed by atoms with Gasteiger partial charge in [0.05, 0.1) is 24.8 Å². The number of hydrogen-bond acceptors (Lipinski definition) is 6. The molecule has 3 amide bonds. The van der Waals surface area contributed by atoms with Crippen molar-refractivity contribution in [3.63, 3.8) is 0 Å². The lowest BCUT2D eigenvalue weighted by atomic mass is 10.0. The number of carbonyl (C=O) groups excluding carboxylic acids is 2. The predicted octanol–water partition coefficient (Wildman–Crippen LogP) is 3.91. The quantitative estimate of drug-likeness (QED) is 0.192. The smallest absolute Gasteiger partial charge is 0.356 e. The fourth-order valence-corrected chi connectivity index (χ4v) is 6.08. The molecule has 30 heavy (non-hydrogen) atoms. The van der Waals surface area contributed by atoms with E-state index in [0.717, 1.165) is 44.3 Å². The molecule has 0 aliphatic carbocycles. The maximum absolute atomic E-state index is 13.4.